The summed E-state index contributed by atoms with van der Waals surface area (Å²) in [5.41, 5.74) is 3.25. The van der Waals surface area contributed by atoms with E-state index in [2.05, 4.69) is 15.6 Å². The average Bonchev–Trinajstić information content (AvgIpc) is 3.12. The van der Waals surface area contributed by atoms with Gasteiger partial charge in [-0.1, -0.05) is 30.3 Å². The largest absolute Gasteiger partial charge is 0.359 e. The minimum atomic E-state index is -0.388. The minimum absolute atomic E-state index is 0.185. The van der Waals surface area contributed by atoms with Gasteiger partial charge in [0.25, 0.3) is 5.91 Å². The highest BCUT2D eigenvalue weighted by atomic mass is 32.1. The summed E-state index contributed by atoms with van der Waals surface area (Å²) >= 11 is 1.49. The van der Waals surface area contributed by atoms with E-state index >= 15 is 0 Å². The molecule has 2 aromatic heterocycles. The van der Waals surface area contributed by atoms with Crippen LogP contribution in [0.15, 0.2) is 79.0 Å². The van der Waals surface area contributed by atoms with Crippen molar-refractivity contribution in [3.05, 3.63) is 112 Å². The zero-order valence-electron chi connectivity index (χ0n) is 17.2. The number of hydrogen-bond donors (Lipinski definition) is 2. The molecule has 31 heavy (non-hydrogen) atoms. The van der Waals surface area contributed by atoms with E-state index in [0.717, 1.165) is 26.6 Å². The summed E-state index contributed by atoms with van der Waals surface area (Å²) < 4.78 is 14.1. The molecule has 1 amide bonds. The highest BCUT2D eigenvalue weighted by molar-refractivity contribution is 7.16. The van der Waals surface area contributed by atoms with Crippen molar-refractivity contribution in [3.8, 4) is 0 Å². The minimum Gasteiger partial charge on any atom is -0.359 e. The molecule has 2 heterocycles. The number of benzene rings is 2. The van der Waals surface area contributed by atoms with Crippen LogP contribution < -0.4 is 10.6 Å². The Morgan fingerprint density at radius 2 is 1.81 bits per heavy atom. The van der Waals surface area contributed by atoms with Crippen LogP contribution in [0.5, 0.6) is 0 Å². The lowest BCUT2D eigenvalue weighted by atomic mass is 9.99. The van der Waals surface area contributed by atoms with Crippen molar-refractivity contribution in [1.82, 2.24) is 4.98 Å². The summed E-state index contributed by atoms with van der Waals surface area (Å²) in [6.45, 7) is 3.98. The number of rotatable bonds is 6. The fraction of sp³-hybridized carbons (Fsp3) is 0.120. The molecule has 6 heteroatoms. The summed E-state index contributed by atoms with van der Waals surface area (Å²) in [6, 6.07) is 21.0. The molecule has 4 aromatic rings. The molecule has 2 N–H and O–H groups in total. The third kappa shape index (κ3) is 4.98. The van der Waals surface area contributed by atoms with Crippen molar-refractivity contribution in [2.24, 2.45) is 0 Å². The predicted octanol–water partition coefficient (Wildman–Crippen LogP) is 6.35. The van der Waals surface area contributed by atoms with Gasteiger partial charge in [-0.15, -0.1) is 11.3 Å². The van der Waals surface area contributed by atoms with Gasteiger partial charge in [0.05, 0.1) is 6.04 Å². The van der Waals surface area contributed by atoms with Crippen LogP contribution in [0.4, 0.5) is 15.2 Å². The molecule has 156 valence electrons. The number of aromatic nitrogens is 1. The second-order valence-corrected chi connectivity index (χ2v) is 8.57. The fourth-order valence-electron chi connectivity index (χ4n) is 3.40. The van der Waals surface area contributed by atoms with E-state index in [-0.39, 0.29) is 17.8 Å². The lowest BCUT2D eigenvalue weighted by Gasteiger charge is -2.21. The molecule has 0 unspecified atom stereocenters. The maximum atomic E-state index is 14.1. The average molecular weight is 432 g/mol. The lowest BCUT2D eigenvalue weighted by Crippen LogP contribution is -2.17. The number of hydrogen-bond acceptors (Lipinski definition) is 4. The molecule has 0 aliphatic heterocycles. The van der Waals surface area contributed by atoms with E-state index in [1.807, 2.05) is 56.3 Å². The van der Waals surface area contributed by atoms with Gasteiger partial charge in [0.1, 0.15) is 16.6 Å². The highest BCUT2D eigenvalue weighted by Gasteiger charge is 2.22. The zero-order chi connectivity index (χ0) is 21.8. The molecule has 2 aromatic carbocycles. The van der Waals surface area contributed by atoms with Crippen molar-refractivity contribution < 1.29 is 9.18 Å². The second kappa shape index (κ2) is 9.10. The molecule has 0 aliphatic carbocycles. The van der Waals surface area contributed by atoms with Crippen LogP contribution in [-0.2, 0) is 0 Å². The number of anilines is 2. The number of nitrogens with zero attached hydrogens (tertiary/aromatic N) is 1. The maximum Gasteiger partial charge on any atom is 0.256 e. The van der Waals surface area contributed by atoms with Gasteiger partial charge in [-0.25, -0.2) is 9.37 Å². The molecule has 4 rings (SSSR count). The van der Waals surface area contributed by atoms with Crippen molar-refractivity contribution in [1.29, 1.82) is 0 Å². The lowest BCUT2D eigenvalue weighted by molar-refractivity contribution is 0.102. The van der Waals surface area contributed by atoms with E-state index in [4.69, 9.17) is 0 Å². The van der Waals surface area contributed by atoms with Crippen molar-refractivity contribution in [3.63, 3.8) is 0 Å². The van der Waals surface area contributed by atoms with Gasteiger partial charge in [0, 0.05) is 22.2 Å². The highest BCUT2D eigenvalue weighted by Crippen LogP contribution is 2.37. The number of pyridine rings is 1. The molecule has 4 nitrogen and oxygen atoms in total. The van der Waals surface area contributed by atoms with E-state index in [9.17, 15) is 9.18 Å². The molecule has 0 fully saturated rings. The number of aryl methyl sites for hydroxylation is 2. The van der Waals surface area contributed by atoms with E-state index in [1.54, 1.807) is 24.4 Å². The third-order valence-electron chi connectivity index (χ3n) is 4.85. The third-order valence-corrected chi connectivity index (χ3v) is 5.83. The van der Waals surface area contributed by atoms with E-state index in [1.165, 1.54) is 23.5 Å². The van der Waals surface area contributed by atoms with Gasteiger partial charge in [0.2, 0.25) is 0 Å². The summed E-state index contributed by atoms with van der Waals surface area (Å²) in [4.78, 5) is 18.2. The summed E-state index contributed by atoms with van der Waals surface area (Å²) in [5, 5.41) is 7.18. The first-order chi connectivity index (χ1) is 15.0. The number of nitrogens with one attached hydrogen (secondary N) is 2. The van der Waals surface area contributed by atoms with Gasteiger partial charge < -0.3 is 10.6 Å². The SMILES string of the molecule is Cc1ccnc(N[C@H](c2cccc(F)c2)c2cc(C)sc2NC(=O)c2ccccc2)c1. The normalized spacial score (nSPS) is 11.7. The monoisotopic (exact) mass is 431 g/mol. The molecule has 1 atom stereocenters. The molecule has 0 bridgehead atoms. The van der Waals surface area contributed by atoms with Crippen LogP contribution in [0.25, 0.3) is 0 Å². The Kier molecular flexibility index (Phi) is 6.09. The van der Waals surface area contributed by atoms with E-state index in [0.29, 0.717) is 11.4 Å². The Bertz CT molecular complexity index is 1210. The zero-order valence-corrected chi connectivity index (χ0v) is 18.0. The van der Waals surface area contributed by atoms with Crippen molar-refractivity contribution in [2.45, 2.75) is 19.9 Å². The number of carbonyl (C=O) groups excluding carboxylic acids is 1. The molecule has 0 aliphatic rings. The standard InChI is InChI=1S/C25H22FN3OS/c1-16-11-12-27-22(13-16)28-23(19-9-6-10-20(26)15-19)21-14-17(2)31-25(21)29-24(30)18-7-4-3-5-8-18/h3-15,23H,1-2H3,(H,27,28)(H,29,30)/t23-/m1/s1. The summed E-state index contributed by atoms with van der Waals surface area (Å²) in [5.74, 6) is 0.178. The Morgan fingerprint density at radius 3 is 2.55 bits per heavy atom. The first kappa shape index (κ1) is 20.8. The number of thiophene rings is 1. The van der Waals surface area contributed by atoms with Crippen molar-refractivity contribution >= 4 is 28.1 Å². The predicted molar refractivity (Wildman–Crippen MR) is 124 cm³/mol. The van der Waals surface area contributed by atoms with Crippen molar-refractivity contribution in [2.75, 3.05) is 10.6 Å². The molecular formula is C25H22FN3OS. The smallest absolute Gasteiger partial charge is 0.256 e. The fourth-order valence-corrected chi connectivity index (χ4v) is 4.35. The van der Waals surface area contributed by atoms with Gasteiger partial charge in [0.15, 0.2) is 0 Å². The molecule has 0 saturated heterocycles. The van der Waals surface area contributed by atoms with Crippen LogP contribution in [0.1, 0.15) is 38.0 Å². The quantitative estimate of drug-likeness (QED) is 0.374. The summed E-state index contributed by atoms with van der Waals surface area (Å²) in [6.07, 6.45) is 1.73. The molecule has 0 spiro atoms. The van der Waals surface area contributed by atoms with Crippen LogP contribution in [0.3, 0.4) is 0 Å². The van der Waals surface area contributed by atoms with Gasteiger partial charge in [-0.3, -0.25) is 4.79 Å². The molecular weight excluding hydrogens is 409 g/mol. The van der Waals surface area contributed by atoms with Crippen LogP contribution >= 0.6 is 11.3 Å². The number of carbonyl (C=O) groups is 1. The van der Waals surface area contributed by atoms with Crippen LogP contribution in [0.2, 0.25) is 0 Å². The first-order valence-electron chi connectivity index (χ1n) is 9.91. The van der Waals surface area contributed by atoms with Gasteiger partial charge in [-0.2, -0.15) is 0 Å². The Balaban J connectivity index is 1.73. The molecule has 0 saturated carbocycles. The number of amides is 1. The van der Waals surface area contributed by atoms with E-state index < -0.39 is 0 Å². The van der Waals surface area contributed by atoms with Gasteiger partial charge >= 0.3 is 0 Å². The maximum absolute atomic E-state index is 14.1. The van der Waals surface area contributed by atoms with Crippen LogP contribution in [0, 0.1) is 19.7 Å². The van der Waals surface area contributed by atoms with Crippen LogP contribution in [-0.4, -0.2) is 10.9 Å². The molecule has 0 radical (unpaired) electrons. The Labute approximate surface area is 184 Å². The topological polar surface area (TPSA) is 54.0 Å². The Hall–Kier alpha value is -3.51. The van der Waals surface area contributed by atoms with Gasteiger partial charge in [-0.05, 0) is 67.4 Å². The second-order valence-electron chi connectivity index (χ2n) is 7.31. The Morgan fingerprint density at radius 1 is 1.00 bits per heavy atom. The summed E-state index contributed by atoms with van der Waals surface area (Å²) in [7, 11) is 0. The number of halogens is 1. The first-order valence-corrected chi connectivity index (χ1v) is 10.7.